The topological polar surface area (TPSA) is 116 Å². The van der Waals surface area contributed by atoms with Gasteiger partial charge in [-0.3, -0.25) is 0 Å². The second-order valence-corrected chi connectivity index (χ2v) is 4.72. The fourth-order valence-electron chi connectivity index (χ4n) is 2.65. The first kappa shape index (κ1) is 13.3. The highest BCUT2D eigenvalue weighted by Gasteiger charge is 2.36. The van der Waals surface area contributed by atoms with E-state index in [0.29, 0.717) is 5.39 Å². The molecular formula is C14H12O7. The summed E-state index contributed by atoms with van der Waals surface area (Å²) in [5.74, 6) is -2.29. The van der Waals surface area contributed by atoms with Crippen LogP contribution in [0.25, 0.3) is 10.8 Å². The van der Waals surface area contributed by atoms with E-state index < -0.39 is 23.8 Å². The van der Waals surface area contributed by atoms with Crippen molar-refractivity contribution in [2.24, 2.45) is 0 Å². The third-order valence-electron chi connectivity index (χ3n) is 3.64. The number of methoxy groups -OCH3 is 1. The lowest BCUT2D eigenvalue weighted by Crippen LogP contribution is -2.19. The summed E-state index contributed by atoms with van der Waals surface area (Å²) in [4.78, 5) is 11.9. The number of aryl methyl sites for hydroxylation is 1. The monoisotopic (exact) mass is 292 g/mol. The van der Waals surface area contributed by atoms with Gasteiger partial charge < -0.3 is 29.9 Å². The normalized spacial score (nSPS) is 16.9. The number of rotatable bonds is 1. The van der Waals surface area contributed by atoms with Crippen LogP contribution in [-0.2, 0) is 4.74 Å². The first-order valence-corrected chi connectivity index (χ1v) is 6.05. The molecule has 0 amide bonds. The summed E-state index contributed by atoms with van der Waals surface area (Å²) in [6.45, 7) is 1.52. The molecule has 1 aliphatic heterocycles. The van der Waals surface area contributed by atoms with Crippen LogP contribution in [-0.4, -0.2) is 33.5 Å². The van der Waals surface area contributed by atoms with Gasteiger partial charge in [0.15, 0.2) is 11.5 Å². The fraction of sp³-hybridized carbons (Fsp3) is 0.214. The second kappa shape index (κ2) is 4.16. The number of aromatic hydroxyl groups is 3. The van der Waals surface area contributed by atoms with E-state index in [9.17, 15) is 25.2 Å². The van der Waals surface area contributed by atoms with Gasteiger partial charge in [-0.2, -0.15) is 0 Å². The van der Waals surface area contributed by atoms with Crippen LogP contribution in [0.4, 0.5) is 0 Å². The third kappa shape index (κ3) is 1.55. The lowest BCUT2D eigenvalue weighted by atomic mass is 9.91. The van der Waals surface area contributed by atoms with Crippen LogP contribution in [0.1, 0.15) is 27.8 Å². The number of benzene rings is 2. The number of hydrogen-bond acceptors (Lipinski definition) is 7. The third-order valence-corrected chi connectivity index (χ3v) is 3.64. The number of aliphatic hydroxyl groups excluding tert-OH is 1. The van der Waals surface area contributed by atoms with E-state index in [1.54, 1.807) is 0 Å². The Balaban J connectivity index is 2.66. The molecular weight excluding hydrogens is 280 g/mol. The second-order valence-electron chi connectivity index (χ2n) is 4.72. The van der Waals surface area contributed by atoms with Crippen molar-refractivity contribution in [1.82, 2.24) is 0 Å². The molecule has 2 aromatic carbocycles. The van der Waals surface area contributed by atoms with Gasteiger partial charge in [-0.25, -0.2) is 4.79 Å². The Hall–Kier alpha value is -2.67. The highest BCUT2D eigenvalue weighted by molar-refractivity contribution is 6.14. The zero-order valence-electron chi connectivity index (χ0n) is 11.2. The van der Waals surface area contributed by atoms with Crippen molar-refractivity contribution in [2.75, 3.05) is 7.11 Å². The van der Waals surface area contributed by atoms with Crippen molar-refractivity contribution in [3.63, 3.8) is 0 Å². The first-order valence-electron chi connectivity index (χ1n) is 6.05. The lowest BCUT2D eigenvalue weighted by Gasteiger charge is -2.25. The molecule has 1 atom stereocenters. The number of hydrogen-bond donors (Lipinski definition) is 4. The molecule has 1 aliphatic rings. The number of cyclic esters (lactones) is 1. The molecule has 1 unspecified atom stereocenters. The average molecular weight is 292 g/mol. The van der Waals surface area contributed by atoms with Gasteiger partial charge in [-0.15, -0.1) is 0 Å². The lowest BCUT2D eigenvalue weighted by molar-refractivity contribution is -0.0697. The van der Waals surface area contributed by atoms with E-state index in [-0.39, 0.29) is 33.6 Å². The molecule has 7 heteroatoms. The van der Waals surface area contributed by atoms with Gasteiger partial charge in [-0.05, 0) is 6.92 Å². The Kier molecular flexibility index (Phi) is 2.64. The maximum Gasteiger partial charge on any atom is 0.345 e. The minimum atomic E-state index is -1.67. The van der Waals surface area contributed by atoms with Gasteiger partial charge >= 0.3 is 5.97 Å². The first-order chi connectivity index (χ1) is 9.88. The van der Waals surface area contributed by atoms with Crippen molar-refractivity contribution in [3.05, 3.63) is 22.8 Å². The summed E-state index contributed by atoms with van der Waals surface area (Å²) in [5, 5.41) is 40.2. The summed E-state index contributed by atoms with van der Waals surface area (Å²) in [5.41, 5.74) is -0.118. The average Bonchev–Trinajstić information content (AvgIpc) is 2.43. The highest BCUT2D eigenvalue weighted by atomic mass is 16.6. The van der Waals surface area contributed by atoms with Gasteiger partial charge in [0.05, 0.1) is 12.7 Å². The fourth-order valence-corrected chi connectivity index (χ4v) is 2.65. The van der Waals surface area contributed by atoms with Gasteiger partial charge in [0.2, 0.25) is 6.29 Å². The molecule has 3 rings (SSSR count). The molecule has 0 spiro atoms. The molecule has 7 nitrogen and oxygen atoms in total. The molecule has 0 saturated heterocycles. The molecule has 0 fully saturated rings. The van der Waals surface area contributed by atoms with Gasteiger partial charge in [0.1, 0.15) is 17.1 Å². The predicted molar refractivity (Wildman–Crippen MR) is 70.6 cm³/mol. The number of carbonyl (C=O) groups is 1. The summed E-state index contributed by atoms with van der Waals surface area (Å²) in [6.07, 6.45) is -1.67. The molecule has 110 valence electrons. The zero-order valence-corrected chi connectivity index (χ0v) is 11.2. The predicted octanol–water partition coefficient (Wildman–Crippen LogP) is 1.43. The molecule has 0 radical (unpaired) electrons. The summed E-state index contributed by atoms with van der Waals surface area (Å²) >= 11 is 0. The molecule has 2 aromatic rings. The number of esters is 1. The smallest absolute Gasteiger partial charge is 0.345 e. The van der Waals surface area contributed by atoms with E-state index in [1.165, 1.54) is 20.1 Å². The summed E-state index contributed by atoms with van der Waals surface area (Å²) in [6, 6.07) is 1.24. The Labute approximate surface area is 118 Å². The van der Waals surface area contributed by atoms with E-state index in [0.717, 1.165) is 0 Å². The van der Waals surface area contributed by atoms with Crippen molar-refractivity contribution in [2.45, 2.75) is 13.2 Å². The summed E-state index contributed by atoms with van der Waals surface area (Å²) < 4.78 is 9.82. The zero-order chi connectivity index (χ0) is 15.5. The molecule has 4 N–H and O–H groups in total. The van der Waals surface area contributed by atoms with Crippen LogP contribution in [0.3, 0.4) is 0 Å². The molecule has 0 aliphatic carbocycles. The molecule has 0 aromatic heterocycles. The Morgan fingerprint density at radius 2 is 1.86 bits per heavy atom. The maximum absolute atomic E-state index is 11.9. The Bertz CT molecular complexity index is 794. The maximum atomic E-state index is 11.9. The number of phenolic OH excluding ortho intramolecular Hbond substituents is 3. The number of phenols is 3. The van der Waals surface area contributed by atoms with Crippen LogP contribution in [0.5, 0.6) is 23.0 Å². The van der Waals surface area contributed by atoms with Crippen molar-refractivity contribution < 1.29 is 34.7 Å². The Morgan fingerprint density at radius 3 is 2.48 bits per heavy atom. The molecule has 21 heavy (non-hydrogen) atoms. The number of ether oxygens (including phenoxy) is 2. The molecule has 0 saturated carbocycles. The SMILES string of the molecule is COc1cc(O)c2c3c(c(O)c(O)c(C)c13)C(=O)OC2O. The van der Waals surface area contributed by atoms with E-state index in [4.69, 9.17) is 4.74 Å². The summed E-state index contributed by atoms with van der Waals surface area (Å²) in [7, 11) is 1.36. The standard InChI is InChI=1S/C14H12O7/c1-4-7-6(20-2)3-5(15)8-9(7)10(12(17)11(4)16)14(19)21-13(8)18/h3,13,15-18H,1-2H3. The highest BCUT2D eigenvalue weighted by Crippen LogP contribution is 2.50. The molecule has 0 bridgehead atoms. The number of carbonyl (C=O) groups excluding carboxylic acids is 1. The van der Waals surface area contributed by atoms with Crippen LogP contribution < -0.4 is 4.74 Å². The van der Waals surface area contributed by atoms with Crippen LogP contribution >= 0.6 is 0 Å². The van der Waals surface area contributed by atoms with E-state index >= 15 is 0 Å². The van der Waals surface area contributed by atoms with Crippen LogP contribution in [0.15, 0.2) is 6.07 Å². The van der Waals surface area contributed by atoms with Crippen LogP contribution in [0, 0.1) is 6.92 Å². The van der Waals surface area contributed by atoms with Crippen LogP contribution in [0.2, 0.25) is 0 Å². The van der Waals surface area contributed by atoms with E-state index in [2.05, 4.69) is 4.74 Å². The largest absolute Gasteiger partial charge is 0.507 e. The van der Waals surface area contributed by atoms with Gasteiger partial charge in [-0.1, -0.05) is 0 Å². The quantitative estimate of drug-likeness (QED) is 0.464. The van der Waals surface area contributed by atoms with Crippen molar-refractivity contribution in [1.29, 1.82) is 0 Å². The van der Waals surface area contributed by atoms with Gasteiger partial charge in [0.25, 0.3) is 0 Å². The van der Waals surface area contributed by atoms with Crippen molar-refractivity contribution in [3.8, 4) is 23.0 Å². The minimum Gasteiger partial charge on any atom is -0.507 e. The van der Waals surface area contributed by atoms with Crippen molar-refractivity contribution >= 4 is 16.7 Å². The Morgan fingerprint density at radius 1 is 1.19 bits per heavy atom. The minimum absolute atomic E-state index is 0.0567. The van der Waals surface area contributed by atoms with E-state index in [1.807, 2.05) is 0 Å². The number of aliphatic hydroxyl groups is 1. The van der Waals surface area contributed by atoms with Gasteiger partial charge in [0, 0.05) is 22.4 Å². The molecule has 1 heterocycles.